The van der Waals surface area contributed by atoms with E-state index < -0.39 is 0 Å². The molecule has 0 bridgehead atoms. The number of anilines is 1. The zero-order chi connectivity index (χ0) is 14.8. The Bertz CT molecular complexity index is 522. The molecule has 1 unspecified atom stereocenters. The minimum atomic E-state index is -0.317. The molecule has 20 heavy (non-hydrogen) atoms. The molecule has 0 radical (unpaired) electrons. The van der Waals surface area contributed by atoms with Crippen molar-refractivity contribution in [2.45, 2.75) is 20.3 Å². The van der Waals surface area contributed by atoms with Gasteiger partial charge in [-0.05, 0) is 43.1 Å². The van der Waals surface area contributed by atoms with Gasteiger partial charge in [0.25, 0.3) is 0 Å². The van der Waals surface area contributed by atoms with Crippen LogP contribution in [0.4, 0.5) is 5.69 Å². The highest BCUT2D eigenvalue weighted by Gasteiger charge is 2.45. The van der Waals surface area contributed by atoms with Gasteiger partial charge in [-0.2, -0.15) is 5.26 Å². The average molecular weight is 271 g/mol. The van der Waals surface area contributed by atoms with Gasteiger partial charge in [0, 0.05) is 19.3 Å². The summed E-state index contributed by atoms with van der Waals surface area (Å²) in [6, 6.07) is 9.23. The fourth-order valence-electron chi connectivity index (χ4n) is 2.84. The number of carbonyl (C=O) groups excluding carboxylic acids is 1. The number of rotatable bonds is 3. The van der Waals surface area contributed by atoms with Crippen molar-refractivity contribution < 1.29 is 4.79 Å². The average Bonchev–Trinajstić information content (AvgIpc) is 2.96. The van der Waals surface area contributed by atoms with Crippen molar-refractivity contribution in [2.75, 3.05) is 25.0 Å². The summed E-state index contributed by atoms with van der Waals surface area (Å²) in [6.45, 7) is 5.85. The van der Waals surface area contributed by atoms with E-state index in [2.05, 4.69) is 25.2 Å². The molecule has 106 valence electrons. The van der Waals surface area contributed by atoms with Crippen molar-refractivity contribution in [2.24, 2.45) is 11.3 Å². The predicted octanol–water partition coefficient (Wildman–Crippen LogP) is 2.16. The highest BCUT2D eigenvalue weighted by molar-refractivity contribution is 5.97. The number of nitriles is 1. The predicted molar refractivity (Wildman–Crippen MR) is 79.3 cm³/mol. The van der Waals surface area contributed by atoms with Crippen LogP contribution in [0.15, 0.2) is 24.3 Å². The van der Waals surface area contributed by atoms with Gasteiger partial charge in [-0.15, -0.1) is 0 Å². The van der Waals surface area contributed by atoms with Gasteiger partial charge < -0.3 is 10.2 Å². The first kappa shape index (κ1) is 14.5. The van der Waals surface area contributed by atoms with Crippen molar-refractivity contribution in [3.05, 3.63) is 29.8 Å². The molecule has 0 spiro atoms. The second-order valence-electron chi connectivity index (χ2n) is 5.76. The second kappa shape index (κ2) is 5.64. The van der Waals surface area contributed by atoms with Crippen molar-refractivity contribution in [3.8, 4) is 6.07 Å². The van der Waals surface area contributed by atoms with E-state index in [9.17, 15) is 4.79 Å². The lowest BCUT2D eigenvalue weighted by Gasteiger charge is -2.35. The number of carbonyl (C=O) groups is 1. The van der Waals surface area contributed by atoms with Gasteiger partial charge in [-0.3, -0.25) is 4.79 Å². The lowest BCUT2D eigenvalue weighted by molar-refractivity contribution is -0.129. The Morgan fingerprint density at radius 2 is 2.05 bits per heavy atom. The minimum Gasteiger partial charge on any atom is -0.316 e. The molecule has 1 aromatic carbocycles. The maximum absolute atomic E-state index is 12.9. The quantitative estimate of drug-likeness (QED) is 0.916. The Balaban J connectivity index is 2.25. The van der Waals surface area contributed by atoms with Crippen LogP contribution in [0.1, 0.15) is 25.8 Å². The van der Waals surface area contributed by atoms with Crippen LogP contribution in [0, 0.1) is 22.7 Å². The molecule has 1 aliphatic heterocycles. The molecular formula is C16H21N3O. The third-order valence-electron chi connectivity index (χ3n) is 4.41. The van der Waals surface area contributed by atoms with Crippen molar-refractivity contribution >= 4 is 11.6 Å². The van der Waals surface area contributed by atoms with Gasteiger partial charge in [0.05, 0.1) is 17.0 Å². The van der Waals surface area contributed by atoms with E-state index in [1.165, 1.54) is 0 Å². The molecule has 1 fully saturated rings. The number of amides is 1. The molecule has 2 rings (SSSR count). The van der Waals surface area contributed by atoms with E-state index in [1.54, 1.807) is 17.0 Å². The molecule has 0 saturated carbocycles. The monoisotopic (exact) mass is 271 g/mol. The largest absolute Gasteiger partial charge is 0.316 e. The molecule has 1 aromatic rings. The van der Waals surface area contributed by atoms with Crippen LogP contribution >= 0.6 is 0 Å². The van der Waals surface area contributed by atoms with Crippen LogP contribution in [0.5, 0.6) is 0 Å². The van der Waals surface area contributed by atoms with Gasteiger partial charge in [-0.1, -0.05) is 13.8 Å². The Morgan fingerprint density at radius 1 is 1.40 bits per heavy atom. The highest BCUT2D eigenvalue weighted by Crippen LogP contribution is 2.37. The first-order valence-corrected chi connectivity index (χ1v) is 7.00. The SMILES string of the molecule is CC(C)C1(C(=O)N(C)c2ccc(C#N)cc2)CCNC1. The zero-order valence-corrected chi connectivity index (χ0v) is 12.3. The van der Waals surface area contributed by atoms with Gasteiger partial charge in [0.2, 0.25) is 5.91 Å². The maximum atomic E-state index is 12.9. The Morgan fingerprint density at radius 3 is 2.50 bits per heavy atom. The standard InChI is InChI=1S/C16H21N3O/c1-12(2)16(8-9-18-11-16)15(20)19(3)14-6-4-13(10-17)5-7-14/h4-7,12,18H,8-9,11H2,1-3H3. The smallest absolute Gasteiger partial charge is 0.234 e. The summed E-state index contributed by atoms with van der Waals surface area (Å²) < 4.78 is 0. The summed E-state index contributed by atoms with van der Waals surface area (Å²) in [5, 5.41) is 12.1. The summed E-state index contributed by atoms with van der Waals surface area (Å²) in [5.41, 5.74) is 1.12. The third kappa shape index (κ3) is 2.41. The molecule has 0 aromatic heterocycles. The van der Waals surface area contributed by atoms with Crippen LogP contribution < -0.4 is 10.2 Å². The van der Waals surface area contributed by atoms with E-state index in [-0.39, 0.29) is 11.3 Å². The summed E-state index contributed by atoms with van der Waals surface area (Å²) in [6.07, 6.45) is 0.879. The summed E-state index contributed by atoms with van der Waals surface area (Å²) in [5.74, 6) is 0.452. The molecule has 0 aliphatic carbocycles. The second-order valence-corrected chi connectivity index (χ2v) is 5.76. The van der Waals surface area contributed by atoms with Gasteiger partial charge in [0.15, 0.2) is 0 Å². The molecule has 1 amide bonds. The molecule has 1 N–H and O–H groups in total. The molecule has 4 nitrogen and oxygen atoms in total. The minimum absolute atomic E-state index is 0.155. The fourth-order valence-corrected chi connectivity index (χ4v) is 2.84. The van der Waals surface area contributed by atoms with Crippen LogP contribution in [-0.2, 0) is 4.79 Å². The number of benzene rings is 1. The number of hydrogen-bond acceptors (Lipinski definition) is 3. The fraction of sp³-hybridized carbons (Fsp3) is 0.500. The topological polar surface area (TPSA) is 56.1 Å². The Kier molecular flexibility index (Phi) is 4.10. The summed E-state index contributed by atoms with van der Waals surface area (Å²) >= 11 is 0. The van der Waals surface area contributed by atoms with Crippen LogP contribution in [0.2, 0.25) is 0 Å². The lowest BCUT2D eigenvalue weighted by Crippen LogP contribution is -2.47. The number of nitrogens with one attached hydrogen (secondary N) is 1. The summed E-state index contributed by atoms with van der Waals surface area (Å²) in [7, 11) is 1.81. The first-order chi connectivity index (χ1) is 9.51. The number of hydrogen-bond donors (Lipinski definition) is 1. The number of nitrogens with zero attached hydrogens (tertiary/aromatic N) is 2. The Labute approximate surface area is 120 Å². The highest BCUT2D eigenvalue weighted by atomic mass is 16.2. The van der Waals surface area contributed by atoms with E-state index >= 15 is 0 Å². The van der Waals surface area contributed by atoms with E-state index in [4.69, 9.17) is 5.26 Å². The summed E-state index contributed by atoms with van der Waals surface area (Å²) in [4.78, 5) is 14.6. The van der Waals surface area contributed by atoms with E-state index in [0.717, 1.165) is 25.2 Å². The zero-order valence-electron chi connectivity index (χ0n) is 12.3. The van der Waals surface area contributed by atoms with Crippen LogP contribution in [0.3, 0.4) is 0 Å². The molecule has 1 saturated heterocycles. The van der Waals surface area contributed by atoms with Gasteiger partial charge in [0.1, 0.15) is 0 Å². The molecule has 1 atom stereocenters. The third-order valence-corrected chi connectivity index (χ3v) is 4.41. The molecule has 4 heteroatoms. The van der Waals surface area contributed by atoms with Crippen molar-refractivity contribution in [1.29, 1.82) is 5.26 Å². The lowest BCUT2D eigenvalue weighted by atomic mass is 9.75. The van der Waals surface area contributed by atoms with Gasteiger partial charge in [-0.25, -0.2) is 0 Å². The van der Waals surface area contributed by atoms with E-state index in [0.29, 0.717) is 11.5 Å². The molecular weight excluding hydrogens is 250 g/mol. The van der Waals surface area contributed by atoms with Crippen LogP contribution in [-0.4, -0.2) is 26.0 Å². The molecule has 1 heterocycles. The maximum Gasteiger partial charge on any atom is 0.234 e. The van der Waals surface area contributed by atoms with E-state index in [1.807, 2.05) is 19.2 Å². The van der Waals surface area contributed by atoms with Crippen molar-refractivity contribution in [3.63, 3.8) is 0 Å². The van der Waals surface area contributed by atoms with Crippen LogP contribution in [0.25, 0.3) is 0 Å². The normalized spacial score (nSPS) is 21.8. The Hall–Kier alpha value is -1.86. The van der Waals surface area contributed by atoms with Gasteiger partial charge >= 0.3 is 0 Å². The molecule has 1 aliphatic rings. The van der Waals surface area contributed by atoms with Crippen molar-refractivity contribution in [1.82, 2.24) is 5.32 Å². The first-order valence-electron chi connectivity index (χ1n) is 7.00.